The lowest BCUT2D eigenvalue weighted by Gasteiger charge is -2.14. The molecular formula is C17H23N3O4S. The van der Waals surface area contributed by atoms with Crippen molar-refractivity contribution in [1.82, 2.24) is 14.4 Å². The first-order chi connectivity index (χ1) is 12.1. The first-order valence-electron chi connectivity index (χ1n) is 8.50. The zero-order valence-corrected chi connectivity index (χ0v) is 15.1. The van der Waals surface area contributed by atoms with E-state index in [-0.39, 0.29) is 18.3 Å². The van der Waals surface area contributed by atoms with Gasteiger partial charge in [-0.3, -0.25) is 0 Å². The van der Waals surface area contributed by atoms with Crippen LogP contribution in [0.25, 0.3) is 0 Å². The number of sulfonamides is 1. The van der Waals surface area contributed by atoms with Gasteiger partial charge in [-0.25, -0.2) is 12.7 Å². The highest BCUT2D eigenvalue weighted by Crippen LogP contribution is 2.27. The van der Waals surface area contributed by atoms with Crippen LogP contribution in [0.2, 0.25) is 0 Å². The molecule has 0 radical (unpaired) electrons. The van der Waals surface area contributed by atoms with Crippen molar-refractivity contribution < 1.29 is 17.7 Å². The van der Waals surface area contributed by atoms with Crippen molar-refractivity contribution in [3.05, 3.63) is 47.6 Å². The van der Waals surface area contributed by atoms with Gasteiger partial charge < -0.3 is 9.26 Å². The van der Waals surface area contributed by atoms with Gasteiger partial charge in [0.15, 0.2) is 5.82 Å². The van der Waals surface area contributed by atoms with Crippen LogP contribution < -0.4 is 0 Å². The summed E-state index contributed by atoms with van der Waals surface area (Å²) in [5, 5.41) is 4.00. The highest BCUT2D eigenvalue weighted by atomic mass is 32.2. The van der Waals surface area contributed by atoms with Gasteiger partial charge in [-0.1, -0.05) is 42.4 Å². The third kappa shape index (κ3) is 4.65. The molecule has 0 N–H and O–H groups in total. The van der Waals surface area contributed by atoms with Gasteiger partial charge in [0.05, 0.1) is 12.4 Å². The minimum atomic E-state index is -3.17. The standard InChI is InChI=1S/C17H23N3O4S/c1-2-10-25(21,22)20-9-8-15(11-20)17-18-16(24-19-17)13-23-12-14-6-4-3-5-7-14/h3-7,15H,2,8-13H2,1H3/t15-/m0/s1. The molecule has 136 valence electrons. The van der Waals surface area contributed by atoms with Crippen LogP contribution in [0.3, 0.4) is 0 Å². The predicted octanol–water partition coefficient (Wildman–Crippen LogP) is 2.32. The summed E-state index contributed by atoms with van der Waals surface area (Å²) < 4.78 is 36.6. The lowest BCUT2D eigenvalue weighted by atomic mass is 10.1. The van der Waals surface area contributed by atoms with E-state index in [1.54, 1.807) is 0 Å². The topological polar surface area (TPSA) is 85.5 Å². The van der Waals surface area contributed by atoms with E-state index in [0.717, 1.165) is 5.56 Å². The van der Waals surface area contributed by atoms with Crippen LogP contribution in [-0.2, 0) is 28.0 Å². The van der Waals surface area contributed by atoms with Crippen LogP contribution in [0.15, 0.2) is 34.9 Å². The molecule has 0 spiro atoms. The smallest absolute Gasteiger partial charge is 0.252 e. The maximum Gasteiger partial charge on any atom is 0.252 e. The molecule has 1 atom stereocenters. The van der Waals surface area contributed by atoms with Crippen LogP contribution in [0.1, 0.15) is 43.0 Å². The average Bonchev–Trinajstić information content (AvgIpc) is 3.25. The highest BCUT2D eigenvalue weighted by molar-refractivity contribution is 7.89. The largest absolute Gasteiger partial charge is 0.367 e. The molecule has 2 heterocycles. The number of hydrogen-bond donors (Lipinski definition) is 0. The number of ether oxygens (including phenoxy) is 1. The summed E-state index contributed by atoms with van der Waals surface area (Å²) in [5.41, 5.74) is 1.08. The van der Waals surface area contributed by atoms with E-state index >= 15 is 0 Å². The molecular weight excluding hydrogens is 342 g/mol. The van der Waals surface area contributed by atoms with Crippen molar-refractivity contribution in [1.29, 1.82) is 0 Å². The average molecular weight is 365 g/mol. The Morgan fingerprint density at radius 2 is 2.08 bits per heavy atom. The number of hydrogen-bond acceptors (Lipinski definition) is 6. The summed E-state index contributed by atoms with van der Waals surface area (Å²) >= 11 is 0. The van der Waals surface area contributed by atoms with Crippen LogP contribution >= 0.6 is 0 Å². The number of aromatic nitrogens is 2. The molecule has 2 aromatic rings. The molecule has 0 amide bonds. The van der Waals surface area contributed by atoms with E-state index < -0.39 is 10.0 Å². The van der Waals surface area contributed by atoms with E-state index in [9.17, 15) is 8.42 Å². The Morgan fingerprint density at radius 3 is 2.84 bits per heavy atom. The van der Waals surface area contributed by atoms with E-state index in [0.29, 0.717) is 44.3 Å². The quantitative estimate of drug-likeness (QED) is 0.714. The molecule has 0 unspecified atom stereocenters. The molecule has 8 heteroatoms. The molecule has 1 aromatic heterocycles. The molecule has 0 bridgehead atoms. The summed E-state index contributed by atoms with van der Waals surface area (Å²) in [4.78, 5) is 4.36. The second-order valence-corrected chi connectivity index (χ2v) is 8.27. The maximum absolute atomic E-state index is 12.1. The van der Waals surface area contributed by atoms with Gasteiger partial charge in [-0.05, 0) is 18.4 Å². The van der Waals surface area contributed by atoms with Crippen molar-refractivity contribution in [3.63, 3.8) is 0 Å². The summed E-state index contributed by atoms with van der Waals surface area (Å²) in [7, 11) is -3.17. The monoisotopic (exact) mass is 365 g/mol. The van der Waals surface area contributed by atoms with Crippen molar-refractivity contribution in [2.75, 3.05) is 18.8 Å². The first kappa shape index (κ1) is 18.0. The van der Waals surface area contributed by atoms with Crippen LogP contribution in [0, 0.1) is 0 Å². The minimum absolute atomic E-state index is 0.0155. The molecule has 7 nitrogen and oxygen atoms in total. The zero-order chi connectivity index (χ0) is 17.7. The molecule has 1 aliphatic rings. The van der Waals surface area contributed by atoms with Crippen molar-refractivity contribution in [3.8, 4) is 0 Å². The second kappa shape index (κ2) is 8.07. The summed E-state index contributed by atoms with van der Waals surface area (Å²) in [6.45, 7) is 3.52. The SMILES string of the molecule is CCCS(=O)(=O)N1CC[C@H](c2noc(COCc3ccccc3)n2)C1. The predicted molar refractivity (Wildman–Crippen MR) is 92.2 cm³/mol. The second-order valence-electron chi connectivity index (χ2n) is 6.18. The normalized spacial score (nSPS) is 18.7. The van der Waals surface area contributed by atoms with Gasteiger partial charge in [0.25, 0.3) is 5.89 Å². The molecule has 0 aliphatic carbocycles. The van der Waals surface area contributed by atoms with Crippen LogP contribution in [0.4, 0.5) is 0 Å². The van der Waals surface area contributed by atoms with Crippen LogP contribution in [-0.4, -0.2) is 41.7 Å². The Hall–Kier alpha value is -1.77. The highest BCUT2D eigenvalue weighted by Gasteiger charge is 2.33. The summed E-state index contributed by atoms with van der Waals surface area (Å²) in [6, 6.07) is 9.86. The molecule has 1 saturated heterocycles. The lowest BCUT2D eigenvalue weighted by Crippen LogP contribution is -2.30. The van der Waals surface area contributed by atoms with E-state index in [4.69, 9.17) is 9.26 Å². The van der Waals surface area contributed by atoms with Crippen LogP contribution in [0.5, 0.6) is 0 Å². The van der Waals surface area contributed by atoms with Crippen molar-refractivity contribution >= 4 is 10.0 Å². The summed E-state index contributed by atoms with van der Waals surface area (Å²) in [5.74, 6) is 1.15. The fourth-order valence-electron chi connectivity index (χ4n) is 2.90. The third-order valence-electron chi connectivity index (χ3n) is 4.19. The van der Waals surface area contributed by atoms with E-state index in [1.165, 1.54) is 4.31 Å². The maximum atomic E-state index is 12.1. The number of benzene rings is 1. The van der Waals surface area contributed by atoms with Crippen molar-refractivity contribution in [2.45, 2.75) is 38.9 Å². The minimum Gasteiger partial charge on any atom is -0.367 e. The number of rotatable bonds is 8. The zero-order valence-electron chi connectivity index (χ0n) is 14.3. The van der Waals surface area contributed by atoms with Gasteiger partial charge in [0.1, 0.15) is 6.61 Å². The Labute approximate surface area is 148 Å². The molecule has 3 rings (SSSR count). The van der Waals surface area contributed by atoms with Crippen molar-refractivity contribution in [2.24, 2.45) is 0 Å². The van der Waals surface area contributed by atoms with Gasteiger partial charge in [-0.15, -0.1) is 0 Å². The van der Waals surface area contributed by atoms with Gasteiger partial charge in [0.2, 0.25) is 10.0 Å². The van der Waals surface area contributed by atoms with E-state index in [2.05, 4.69) is 10.1 Å². The number of nitrogens with zero attached hydrogens (tertiary/aromatic N) is 3. The Kier molecular flexibility index (Phi) is 5.82. The molecule has 25 heavy (non-hydrogen) atoms. The van der Waals surface area contributed by atoms with Gasteiger partial charge >= 0.3 is 0 Å². The third-order valence-corrected chi connectivity index (χ3v) is 6.24. The molecule has 1 aliphatic heterocycles. The Morgan fingerprint density at radius 1 is 1.28 bits per heavy atom. The Bertz CT molecular complexity index is 776. The first-order valence-corrected chi connectivity index (χ1v) is 10.1. The van der Waals surface area contributed by atoms with E-state index in [1.807, 2.05) is 37.3 Å². The fraction of sp³-hybridized carbons (Fsp3) is 0.529. The van der Waals surface area contributed by atoms with Gasteiger partial charge in [-0.2, -0.15) is 4.98 Å². The molecule has 1 fully saturated rings. The molecule has 0 saturated carbocycles. The Balaban J connectivity index is 1.52. The fourth-order valence-corrected chi connectivity index (χ4v) is 4.47. The summed E-state index contributed by atoms with van der Waals surface area (Å²) in [6.07, 6.45) is 1.33. The molecule has 1 aromatic carbocycles. The van der Waals surface area contributed by atoms with Gasteiger partial charge in [0, 0.05) is 19.0 Å². The lowest BCUT2D eigenvalue weighted by molar-refractivity contribution is 0.0850.